The van der Waals surface area contributed by atoms with Crippen LogP contribution in [0.1, 0.15) is 11.1 Å². The Morgan fingerprint density at radius 1 is 0.963 bits per heavy atom. The van der Waals surface area contributed by atoms with Crippen LogP contribution in [0.5, 0.6) is 5.75 Å². The molecule has 1 heterocycles. The molecular formula is C22H18ClN3O. The van der Waals surface area contributed by atoms with Gasteiger partial charge in [0.15, 0.2) is 0 Å². The molecule has 0 bridgehead atoms. The first-order chi connectivity index (χ1) is 13.1. The molecule has 0 fully saturated rings. The standard InChI is InChI=1S/C22H18ClN3O/c1-14-5-7-15(8-6-14)13-27-18-4-2-3-16(11-18)21-19-12-17(23)9-10-20(19)25-22(24)26-21/h2-12H,13H2,1H3,(H2,24,25,26). The van der Waals surface area contributed by atoms with Gasteiger partial charge in [0, 0.05) is 16.0 Å². The Balaban J connectivity index is 1.67. The van der Waals surface area contributed by atoms with Crippen LogP contribution in [-0.4, -0.2) is 9.97 Å². The second-order valence-electron chi connectivity index (χ2n) is 6.39. The Morgan fingerprint density at radius 3 is 2.59 bits per heavy atom. The largest absolute Gasteiger partial charge is 0.489 e. The highest BCUT2D eigenvalue weighted by Gasteiger charge is 2.10. The van der Waals surface area contributed by atoms with Crippen molar-refractivity contribution in [3.05, 3.63) is 82.9 Å². The summed E-state index contributed by atoms with van der Waals surface area (Å²) in [4.78, 5) is 8.72. The van der Waals surface area contributed by atoms with E-state index in [-0.39, 0.29) is 5.95 Å². The second kappa shape index (κ2) is 7.25. The summed E-state index contributed by atoms with van der Waals surface area (Å²) < 4.78 is 5.96. The number of hydrogen-bond donors (Lipinski definition) is 1. The van der Waals surface area contributed by atoms with Crippen molar-refractivity contribution in [3.63, 3.8) is 0 Å². The summed E-state index contributed by atoms with van der Waals surface area (Å²) in [6, 6.07) is 21.6. The van der Waals surface area contributed by atoms with E-state index in [2.05, 4.69) is 41.2 Å². The Hall–Kier alpha value is -3.11. The van der Waals surface area contributed by atoms with Crippen LogP contribution >= 0.6 is 11.6 Å². The van der Waals surface area contributed by atoms with Crippen LogP contribution in [0.4, 0.5) is 5.95 Å². The number of ether oxygens (including phenoxy) is 1. The molecule has 0 aliphatic heterocycles. The van der Waals surface area contributed by atoms with Crippen molar-refractivity contribution in [2.45, 2.75) is 13.5 Å². The smallest absolute Gasteiger partial charge is 0.221 e. The van der Waals surface area contributed by atoms with E-state index in [1.54, 1.807) is 6.07 Å². The SMILES string of the molecule is Cc1ccc(COc2cccc(-c3nc(N)nc4ccc(Cl)cc34)c2)cc1. The maximum atomic E-state index is 6.17. The number of anilines is 1. The lowest BCUT2D eigenvalue weighted by molar-refractivity contribution is 0.306. The number of nitrogens with zero attached hydrogens (tertiary/aromatic N) is 2. The van der Waals surface area contributed by atoms with E-state index >= 15 is 0 Å². The number of nitrogens with two attached hydrogens (primary N) is 1. The zero-order valence-corrected chi connectivity index (χ0v) is 15.6. The fraction of sp³-hybridized carbons (Fsp3) is 0.0909. The number of halogens is 1. The van der Waals surface area contributed by atoms with Gasteiger partial charge < -0.3 is 10.5 Å². The van der Waals surface area contributed by atoms with Crippen LogP contribution in [0.3, 0.4) is 0 Å². The van der Waals surface area contributed by atoms with Crippen LogP contribution in [-0.2, 0) is 6.61 Å². The average Bonchev–Trinajstić information content (AvgIpc) is 2.67. The highest BCUT2D eigenvalue weighted by molar-refractivity contribution is 6.31. The predicted octanol–water partition coefficient (Wildman–Crippen LogP) is 5.42. The lowest BCUT2D eigenvalue weighted by atomic mass is 10.1. The Bertz CT molecular complexity index is 1110. The van der Waals surface area contributed by atoms with Crippen molar-refractivity contribution in [3.8, 4) is 17.0 Å². The number of hydrogen-bond acceptors (Lipinski definition) is 4. The number of aryl methyl sites for hydroxylation is 1. The first-order valence-electron chi connectivity index (χ1n) is 8.60. The minimum Gasteiger partial charge on any atom is -0.489 e. The minimum atomic E-state index is 0.228. The predicted molar refractivity (Wildman–Crippen MR) is 110 cm³/mol. The van der Waals surface area contributed by atoms with Crippen molar-refractivity contribution in [2.75, 3.05) is 5.73 Å². The summed E-state index contributed by atoms with van der Waals surface area (Å²) >= 11 is 6.17. The Morgan fingerprint density at radius 2 is 1.78 bits per heavy atom. The molecule has 0 radical (unpaired) electrons. The molecule has 134 valence electrons. The summed E-state index contributed by atoms with van der Waals surface area (Å²) in [5.74, 6) is 0.992. The summed E-state index contributed by atoms with van der Waals surface area (Å²) in [7, 11) is 0. The van der Waals surface area contributed by atoms with Crippen molar-refractivity contribution in [1.29, 1.82) is 0 Å². The van der Waals surface area contributed by atoms with Crippen molar-refractivity contribution in [2.24, 2.45) is 0 Å². The topological polar surface area (TPSA) is 61.0 Å². The zero-order valence-electron chi connectivity index (χ0n) is 14.8. The molecule has 3 aromatic carbocycles. The number of fused-ring (bicyclic) bond motifs is 1. The van der Waals surface area contributed by atoms with Crippen LogP contribution in [0.15, 0.2) is 66.7 Å². The molecule has 4 nitrogen and oxygen atoms in total. The number of aromatic nitrogens is 2. The van der Waals surface area contributed by atoms with Gasteiger partial charge in [-0.15, -0.1) is 0 Å². The molecule has 4 aromatic rings. The maximum Gasteiger partial charge on any atom is 0.221 e. The Labute approximate surface area is 162 Å². The normalized spacial score (nSPS) is 10.9. The lowest BCUT2D eigenvalue weighted by Gasteiger charge is -2.10. The molecule has 0 spiro atoms. The molecule has 2 N–H and O–H groups in total. The Kier molecular flexibility index (Phi) is 4.65. The van der Waals surface area contributed by atoms with Crippen molar-refractivity contribution < 1.29 is 4.74 Å². The highest BCUT2D eigenvalue weighted by Crippen LogP contribution is 2.31. The molecule has 0 unspecified atom stereocenters. The first-order valence-corrected chi connectivity index (χ1v) is 8.98. The van der Waals surface area contributed by atoms with E-state index in [4.69, 9.17) is 22.1 Å². The van der Waals surface area contributed by atoms with E-state index in [9.17, 15) is 0 Å². The van der Waals surface area contributed by atoms with Gasteiger partial charge in [0.1, 0.15) is 12.4 Å². The number of nitrogen functional groups attached to an aromatic ring is 1. The van der Waals surface area contributed by atoms with Gasteiger partial charge in [-0.3, -0.25) is 0 Å². The van der Waals surface area contributed by atoms with E-state index in [0.29, 0.717) is 11.6 Å². The molecule has 4 rings (SSSR count). The van der Waals surface area contributed by atoms with Crippen LogP contribution < -0.4 is 10.5 Å². The van der Waals surface area contributed by atoms with Gasteiger partial charge >= 0.3 is 0 Å². The summed E-state index contributed by atoms with van der Waals surface area (Å²) in [6.07, 6.45) is 0. The third-order valence-corrected chi connectivity index (χ3v) is 4.54. The van der Waals surface area contributed by atoms with Crippen LogP contribution in [0, 0.1) is 6.92 Å². The van der Waals surface area contributed by atoms with Gasteiger partial charge in [0.25, 0.3) is 0 Å². The quantitative estimate of drug-likeness (QED) is 0.517. The van der Waals surface area contributed by atoms with Gasteiger partial charge in [-0.2, -0.15) is 0 Å². The molecule has 0 aliphatic carbocycles. The molecule has 0 amide bonds. The maximum absolute atomic E-state index is 6.17. The molecule has 0 aliphatic rings. The summed E-state index contributed by atoms with van der Waals surface area (Å²) in [5.41, 5.74) is 10.6. The van der Waals surface area contributed by atoms with Gasteiger partial charge in [-0.25, -0.2) is 9.97 Å². The monoisotopic (exact) mass is 375 g/mol. The fourth-order valence-electron chi connectivity index (χ4n) is 2.92. The van der Waals surface area contributed by atoms with Crippen LogP contribution in [0.2, 0.25) is 5.02 Å². The van der Waals surface area contributed by atoms with Crippen LogP contribution in [0.25, 0.3) is 22.2 Å². The summed E-state index contributed by atoms with van der Waals surface area (Å²) in [5, 5.41) is 1.48. The lowest BCUT2D eigenvalue weighted by Crippen LogP contribution is -1.99. The van der Waals surface area contributed by atoms with Gasteiger partial charge in [-0.1, -0.05) is 53.6 Å². The van der Waals surface area contributed by atoms with Crippen molar-refractivity contribution >= 4 is 28.5 Å². The molecule has 5 heteroatoms. The average molecular weight is 376 g/mol. The van der Waals surface area contributed by atoms with Gasteiger partial charge in [0.2, 0.25) is 5.95 Å². The minimum absolute atomic E-state index is 0.228. The highest BCUT2D eigenvalue weighted by atomic mass is 35.5. The molecule has 27 heavy (non-hydrogen) atoms. The molecule has 0 saturated heterocycles. The fourth-order valence-corrected chi connectivity index (χ4v) is 3.09. The van der Waals surface area contributed by atoms with E-state index in [0.717, 1.165) is 33.5 Å². The zero-order chi connectivity index (χ0) is 18.8. The first kappa shape index (κ1) is 17.3. The van der Waals surface area contributed by atoms with E-state index < -0.39 is 0 Å². The van der Waals surface area contributed by atoms with Gasteiger partial charge in [-0.05, 0) is 42.8 Å². The molecular weight excluding hydrogens is 358 g/mol. The third-order valence-electron chi connectivity index (χ3n) is 4.31. The summed E-state index contributed by atoms with van der Waals surface area (Å²) in [6.45, 7) is 2.57. The molecule has 0 atom stereocenters. The number of benzene rings is 3. The van der Waals surface area contributed by atoms with Gasteiger partial charge in [0.05, 0.1) is 11.2 Å². The van der Waals surface area contributed by atoms with E-state index in [1.807, 2.05) is 36.4 Å². The van der Waals surface area contributed by atoms with Crippen molar-refractivity contribution in [1.82, 2.24) is 9.97 Å². The number of rotatable bonds is 4. The molecule has 0 saturated carbocycles. The second-order valence-corrected chi connectivity index (χ2v) is 6.83. The molecule has 1 aromatic heterocycles. The van der Waals surface area contributed by atoms with E-state index in [1.165, 1.54) is 5.56 Å². The third kappa shape index (κ3) is 3.86.